The highest BCUT2D eigenvalue weighted by molar-refractivity contribution is 7.86. The van der Waals surface area contributed by atoms with Gasteiger partial charge in [0, 0.05) is 45.8 Å². The third kappa shape index (κ3) is 4.88. The number of morpholine rings is 1. The molecule has 0 N–H and O–H groups in total. The summed E-state index contributed by atoms with van der Waals surface area (Å²) in [5.74, 6) is -0.308. The number of nitrogens with zero attached hydrogens (tertiary/aromatic N) is 4. The van der Waals surface area contributed by atoms with Gasteiger partial charge in [-0.2, -0.15) is 22.3 Å². The number of rotatable bonds is 6. The van der Waals surface area contributed by atoms with Crippen LogP contribution in [0.1, 0.15) is 26.2 Å². The van der Waals surface area contributed by atoms with Crippen LogP contribution in [0.5, 0.6) is 0 Å². The SMILES string of the molecule is C[C@H](C#N)CN(C)S(=O)(=O)N1CCCC[C@H]1CN1CCOCC1. The van der Waals surface area contributed by atoms with Gasteiger partial charge < -0.3 is 4.74 Å². The Kier molecular flexibility index (Phi) is 6.80. The van der Waals surface area contributed by atoms with Gasteiger partial charge in [-0.3, -0.25) is 4.90 Å². The molecule has 0 amide bonds. The minimum Gasteiger partial charge on any atom is -0.379 e. The molecule has 2 aliphatic heterocycles. The molecule has 2 rings (SSSR count). The Morgan fingerprint density at radius 2 is 2.00 bits per heavy atom. The van der Waals surface area contributed by atoms with E-state index in [0.29, 0.717) is 6.54 Å². The summed E-state index contributed by atoms with van der Waals surface area (Å²) in [4.78, 5) is 2.29. The molecular formula is C15H28N4O3S. The molecule has 0 aromatic heterocycles. The molecular weight excluding hydrogens is 316 g/mol. The van der Waals surface area contributed by atoms with E-state index in [4.69, 9.17) is 10.00 Å². The lowest BCUT2D eigenvalue weighted by molar-refractivity contribution is 0.0258. The predicted molar refractivity (Wildman–Crippen MR) is 87.9 cm³/mol. The predicted octanol–water partition coefficient (Wildman–Crippen LogP) is 0.509. The fraction of sp³-hybridized carbons (Fsp3) is 0.933. The maximum absolute atomic E-state index is 12.9. The number of hydrogen-bond acceptors (Lipinski definition) is 5. The Morgan fingerprint density at radius 1 is 1.30 bits per heavy atom. The van der Waals surface area contributed by atoms with Crippen molar-refractivity contribution in [2.45, 2.75) is 32.2 Å². The molecule has 0 saturated carbocycles. The maximum atomic E-state index is 12.9. The molecule has 0 unspecified atom stereocenters. The number of hydrogen-bond donors (Lipinski definition) is 0. The Hall–Kier alpha value is -0.720. The minimum atomic E-state index is -3.51. The van der Waals surface area contributed by atoms with Crippen LogP contribution in [-0.2, 0) is 14.9 Å². The van der Waals surface area contributed by atoms with Crippen molar-refractivity contribution in [3.63, 3.8) is 0 Å². The Labute approximate surface area is 140 Å². The van der Waals surface area contributed by atoms with Crippen molar-refractivity contribution in [2.75, 3.05) is 53.0 Å². The first-order valence-corrected chi connectivity index (χ1v) is 9.77. The lowest BCUT2D eigenvalue weighted by Gasteiger charge is -2.40. The molecule has 0 aliphatic carbocycles. The fourth-order valence-corrected chi connectivity index (χ4v) is 4.92. The monoisotopic (exact) mass is 344 g/mol. The van der Waals surface area contributed by atoms with Crippen LogP contribution in [-0.4, -0.2) is 81.0 Å². The molecule has 2 fully saturated rings. The summed E-state index contributed by atoms with van der Waals surface area (Å²) in [6, 6.07) is 2.12. The Morgan fingerprint density at radius 3 is 2.65 bits per heavy atom. The number of piperidine rings is 1. The number of nitriles is 1. The van der Waals surface area contributed by atoms with E-state index in [2.05, 4.69) is 11.0 Å². The first-order chi connectivity index (χ1) is 10.9. The zero-order valence-corrected chi connectivity index (χ0v) is 15.0. The van der Waals surface area contributed by atoms with Crippen molar-refractivity contribution in [3.05, 3.63) is 0 Å². The maximum Gasteiger partial charge on any atom is 0.282 e. The van der Waals surface area contributed by atoms with Crippen LogP contribution in [0.15, 0.2) is 0 Å². The summed E-state index contributed by atoms with van der Waals surface area (Å²) in [5, 5.41) is 8.92. The summed E-state index contributed by atoms with van der Waals surface area (Å²) in [5.41, 5.74) is 0. The van der Waals surface area contributed by atoms with Gasteiger partial charge in [0.05, 0.1) is 25.2 Å². The van der Waals surface area contributed by atoms with Crippen molar-refractivity contribution in [2.24, 2.45) is 5.92 Å². The van der Waals surface area contributed by atoms with Gasteiger partial charge in [-0.1, -0.05) is 6.42 Å². The lowest BCUT2D eigenvalue weighted by Crippen LogP contribution is -2.54. The molecule has 2 atom stereocenters. The van der Waals surface area contributed by atoms with E-state index in [0.717, 1.165) is 52.1 Å². The Balaban J connectivity index is 2.05. The highest BCUT2D eigenvalue weighted by Crippen LogP contribution is 2.23. The van der Waals surface area contributed by atoms with Crippen LogP contribution in [0.4, 0.5) is 0 Å². The van der Waals surface area contributed by atoms with E-state index in [-0.39, 0.29) is 18.5 Å². The lowest BCUT2D eigenvalue weighted by atomic mass is 10.0. The molecule has 0 aromatic carbocycles. The first-order valence-electron chi connectivity index (χ1n) is 8.38. The van der Waals surface area contributed by atoms with E-state index in [1.54, 1.807) is 18.3 Å². The van der Waals surface area contributed by atoms with Gasteiger partial charge in [0.25, 0.3) is 10.2 Å². The quantitative estimate of drug-likeness (QED) is 0.702. The molecule has 2 heterocycles. The van der Waals surface area contributed by atoms with Gasteiger partial charge in [0.15, 0.2) is 0 Å². The average molecular weight is 344 g/mol. The molecule has 2 aliphatic rings. The van der Waals surface area contributed by atoms with Crippen molar-refractivity contribution >= 4 is 10.2 Å². The summed E-state index contributed by atoms with van der Waals surface area (Å²) >= 11 is 0. The third-order valence-corrected chi connectivity index (χ3v) is 6.60. The zero-order chi connectivity index (χ0) is 16.9. The normalized spacial score (nSPS) is 26.1. The molecule has 0 spiro atoms. The van der Waals surface area contributed by atoms with Gasteiger partial charge in [0.2, 0.25) is 0 Å². The average Bonchev–Trinajstić information content (AvgIpc) is 2.56. The Bertz CT molecular complexity index is 513. The van der Waals surface area contributed by atoms with Gasteiger partial charge in [-0.05, 0) is 19.8 Å². The van der Waals surface area contributed by atoms with Crippen molar-refractivity contribution in [1.82, 2.24) is 13.5 Å². The van der Waals surface area contributed by atoms with E-state index < -0.39 is 10.2 Å². The highest BCUT2D eigenvalue weighted by Gasteiger charge is 2.36. The van der Waals surface area contributed by atoms with Crippen molar-refractivity contribution < 1.29 is 13.2 Å². The van der Waals surface area contributed by atoms with Gasteiger partial charge >= 0.3 is 0 Å². The second-order valence-electron chi connectivity index (χ2n) is 6.49. The number of ether oxygens (including phenoxy) is 1. The summed E-state index contributed by atoms with van der Waals surface area (Å²) < 4.78 is 34.1. The molecule has 23 heavy (non-hydrogen) atoms. The van der Waals surface area contributed by atoms with E-state index >= 15 is 0 Å². The van der Waals surface area contributed by atoms with E-state index in [9.17, 15) is 8.42 Å². The minimum absolute atomic E-state index is 0.0201. The fourth-order valence-electron chi connectivity index (χ4n) is 3.24. The second-order valence-corrected chi connectivity index (χ2v) is 8.48. The topological polar surface area (TPSA) is 76.9 Å². The standard InChI is InChI=1S/C15H28N4O3S/c1-14(11-16)12-17(2)23(20,21)19-6-4-3-5-15(19)13-18-7-9-22-10-8-18/h14-15H,3-10,12-13H2,1-2H3/t14-,15+/m1/s1. The van der Waals surface area contributed by atoms with Crippen LogP contribution < -0.4 is 0 Å². The van der Waals surface area contributed by atoms with Crippen LogP contribution in [0, 0.1) is 17.2 Å². The zero-order valence-electron chi connectivity index (χ0n) is 14.1. The third-order valence-electron chi connectivity index (χ3n) is 4.59. The molecule has 0 radical (unpaired) electrons. The molecule has 0 bridgehead atoms. The summed E-state index contributed by atoms with van der Waals surface area (Å²) in [6.07, 6.45) is 2.87. The van der Waals surface area contributed by atoms with E-state index in [1.165, 1.54) is 4.31 Å². The van der Waals surface area contributed by atoms with Crippen LogP contribution >= 0.6 is 0 Å². The van der Waals surface area contributed by atoms with E-state index in [1.807, 2.05) is 0 Å². The molecule has 8 heteroatoms. The summed E-state index contributed by atoms with van der Waals surface area (Å²) in [6.45, 7) is 6.50. The van der Waals surface area contributed by atoms with Crippen LogP contribution in [0.3, 0.4) is 0 Å². The molecule has 132 valence electrons. The molecule has 2 saturated heterocycles. The van der Waals surface area contributed by atoms with Crippen LogP contribution in [0.25, 0.3) is 0 Å². The first kappa shape index (κ1) is 18.6. The van der Waals surface area contributed by atoms with Gasteiger partial charge in [-0.15, -0.1) is 0 Å². The van der Waals surface area contributed by atoms with Crippen molar-refractivity contribution in [1.29, 1.82) is 5.26 Å². The largest absolute Gasteiger partial charge is 0.379 e. The summed E-state index contributed by atoms with van der Waals surface area (Å²) in [7, 11) is -1.94. The highest BCUT2D eigenvalue weighted by atomic mass is 32.2. The second kappa shape index (κ2) is 8.40. The van der Waals surface area contributed by atoms with Gasteiger partial charge in [-0.25, -0.2) is 0 Å². The van der Waals surface area contributed by atoms with Crippen molar-refractivity contribution in [3.8, 4) is 6.07 Å². The van der Waals surface area contributed by atoms with Crippen LogP contribution in [0.2, 0.25) is 0 Å². The smallest absolute Gasteiger partial charge is 0.282 e. The van der Waals surface area contributed by atoms with Gasteiger partial charge in [0.1, 0.15) is 0 Å². The molecule has 0 aromatic rings. The molecule has 7 nitrogen and oxygen atoms in total.